The van der Waals surface area contributed by atoms with Gasteiger partial charge in [0.2, 0.25) is 5.91 Å². The number of carbonyl (C=O) groups excluding carboxylic acids is 1. The first-order valence-electron chi connectivity index (χ1n) is 6.12. The monoisotopic (exact) mass is 247 g/mol. The first-order chi connectivity index (χ1) is 8.52. The summed E-state index contributed by atoms with van der Waals surface area (Å²) < 4.78 is 0. The second-order valence-electron chi connectivity index (χ2n) is 4.95. The number of carbonyl (C=O) groups is 2. The van der Waals surface area contributed by atoms with Crippen LogP contribution < -0.4 is 5.32 Å². The van der Waals surface area contributed by atoms with E-state index in [1.165, 1.54) is 0 Å². The molecular formula is C14H17NO3. The lowest BCUT2D eigenvalue weighted by Crippen LogP contribution is -2.59. The highest BCUT2D eigenvalue weighted by molar-refractivity contribution is 5.88. The van der Waals surface area contributed by atoms with E-state index in [1.807, 2.05) is 31.2 Å². The Balaban J connectivity index is 1.99. The van der Waals surface area contributed by atoms with Crippen LogP contribution in [0.3, 0.4) is 0 Å². The van der Waals surface area contributed by atoms with Crippen molar-refractivity contribution in [3.63, 3.8) is 0 Å². The molecule has 1 saturated carbocycles. The number of benzene rings is 1. The van der Waals surface area contributed by atoms with Gasteiger partial charge in [-0.25, -0.2) is 4.79 Å². The van der Waals surface area contributed by atoms with Crippen molar-refractivity contribution in [3.8, 4) is 0 Å². The molecule has 2 rings (SSSR count). The van der Waals surface area contributed by atoms with Gasteiger partial charge in [-0.1, -0.05) is 29.8 Å². The minimum Gasteiger partial charge on any atom is -0.480 e. The van der Waals surface area contributed by atoms with Gasteiger partial charge in [0.15, 0.2) is 0 Å². The van der Waals surface area contributed by atoms with Crippen LogP contribution in [0.2, 0.25) is 0 Å². The van der Waals surface area contributed by atoms with Crippen molar-refractivity contribution in [3.05, 3.63) is 35.4 Å². The van der Waals surface area contributed by atoms with Crippen LogP contribution in [0.1, 0.15) is 30.4 Å². The fraction of sp³-hybridized carbons (Fsp3) is 0.429. The maximum absolute atomic E-state index is 11.9. The minimum absolute atomic E-state index is 0.220. The van der Waals surface area contributed by atoms with Crippen molar-refractivity contribution in [1.29, 1.82) is 0 Å². The third-order valence-electron chi connectivity index (χ3n) is 3.44. The van der Waals surface area contributed by atoms with Gasteiger partial charge in [-0.2, -0.15) is 0 Å². The Morgan fingerprint density at radius 1 is 1.39 bits per heavy atom. The largest absolute Gasteiger partial charge is 0.480 e. The molecule has 1 aromatic rings. The molecule has 1 amide bonds. The average Bonchev–Trinajstić information content (AvgIpc) is 2.23. The zero-order valence-electron chi connectivity index (χ0n) is 10.4. The molecule has 1 aliphatic rings. The molecule has 0 aliphatic heterocycles. The van der Waals surface area contributed by atoms with Gasteiger partial charge >= 0.3 is 5.97 Å². The smallest absolute Gasteiger partial charge is 0.329 e. The van der Waals surface area contributed by atoms with Gasteiger partial charge in [0.05, 0.1) is 6.42 Å². The predicted octanol–water partition coefficient (Wildman–Crippen LogP) is 1.66. The molecule has 0 saturated heterocycles. The fourth-order valence-corrected chi connectivity index (χ4v) is 2.24. The van der Waals surface area contributed by atoms with Gasteiger partial charge in [-0.15, -0.1) is 0 Å². The van der Waals surface area contributed by atoms with Crippen LogP contribution in [0, 0.1) is 6.92 Å². The third kappa shape index (κ3) is 2.53. The molecule has 2 N–H and O–H groups in total. The summed E-state index contributed by atoms with van der Waals surface area (Å²) in [5.74, 6) is -1.14. The molecule has 1 fully saturated rings. The number of rotatable bonds is 4. The number of amides is 1. The second-order valence-corrected chi connectivity index (χ2v) is 4.95. The van der Waals surface area contributed by atoms with Crippen molar-refractivity contribution in [2.75, 3.05) is 0 Å². The van der Waals surface area contributed by atoms with E-state index in [0.717, 1.165) is 17.5 Å². The van der Waals surface area contributed by atoms with Crippen LogP contribution in [0.5, 0.6) is 0 Å². The molecule has 1 aromatic carbocycles. The van der Waals surface area contributed by atoms with E-state index in [4.69, 9.17) is 5.11 Å². The molecule has 1 aliphatic carbocycles. The molecule has 0 unspecified atom stereocenters. The molecule has 96 valence electrons. The number of aryl methyl sites for hydroxylation is 1. The maximum Gasteiger partial charge on any atom is 0.329 e. The number of nitrogens with one attached hydrogen (secondary N) is 1. The summed E-state index contributed by atoms with van der Waals surface area (Å²) in [5.41, 5.74) is 0.991. The van der Waals surface area contributed by atoms with Crippen molar-refractivity contribution in [1.82, 2.24) is 5.32 Å². The fourth-order valence-electron chi connectivity index (χ4n) is 2.24. The van der Waals surface area contributed by atoms with Gasteiger partial charge in [0, 0.05) is 0 Å². The lowest BCUT2D eigenvalue weighted by molar-refractivity contribution is -0.151. The summed E-state index contributed by atoms with van der Waals surface area (Å²) in [5, 5.41) is 11.8. The van der Waals surface area contributed by atoms with E-state index in [9.17, 15) is 9.59 Å². The molecule has 0 spiro atoms. The standard InChI is InChI=1S/C14H17NO3/c1-10-4-2-5-11(8-10)9-12(16)15-14(13(17)18)6-3-7-14/h2,4-5,8H,3,6-7,9H2,1H3,(H,15,16)(H,17,18). The Morgan fingerprint density at radius 2 is 2.11 bits per heavy atom. The number of hydrogen-bond donors (Lipinski definition) is 2. The van der Waals surface area contributed by atoms with E-state index in [1.54, 1.807) is 0 Å². The molecule has 4 heteroatoms. The number of carboxylic acids is 1. The van der Waals surface area contributed by atoms with Crippen LogP contribution in [-0.2, 0) is 16.0 Å². The van der Waals surface area contributed by atoms with Crippen LogP contribution in [0.25, 0.3) is 0 Å². The topological polar surface area (TPSA) is 66.4 Å². The SMILES string of the molecule is Cc1cccc(CC(=O)NC2(C(=O)O)CCC2)c1. The normalized spacial score (nSPS) is 16.7. The lowest BCUT2D eigenvalue weighted by Gasteiger charge is -2.38. The minimum atomic E-state index is -1.01. The number of carboxylic acid groups (broad SMARTS) is 1. The Labute approximate surface area is 106 Å². The van der Waals surface area contributed by atoms with E-state index >= 15 is 0 Å². The Morgan fingerprint density at radius 3 is 2.61 bits per heavy atom. The number of aliphatic carboxylic acids is 1. The van der Waals surface area contributed by atoms with Crippen LogP contribution >= 0.6 is 0 Å². The van der Waals surface area contributed by atoms with E-state index in [2.05, 4.69) is 5.32 Å². The summed E-state index contributed by atoms with van der Waals surface area (Å²) in [6, 6.07) is 7.68. The average molecular weight is 247 g/mol. The molecular weight excluding hydrogens is 230 g/mol. The first kappa shape index (κ1) is 12.6. The lowest BCUT2D eigenvalue weighted by atomic mass is 9.76. The van der Waals surface area contributed by atoms with E-state index < -0.39 is 11.5 Å². The second kappa shape index (κ2) is 4.80. The Hall–Kier alpha value is -1.84. The van der Waals surface area contributed by atoms with Gasteiger partial charge < -0.3 is 10.4 Å². The zero-order chi connectivity index (χ0) is 13.2. The van der Waals surface area contributed by atoms with Gasteiger partial charge in [-0.05, 0) is 31.7 Å². The first-order valence-corrected chi connectivity index (χ1v) is 6.12. The summed E-state index contributed by atoms with van der Waals surface area (Å²) in [6.07, 6.45) is 2.15. The molecule has 0 heterocycles. The summed E-state index contributed by atoms with van der Waals surface area (Å²) >= 11 is 0. The highest BCUT2D eigenvalue weighted by atomic mass is 16.4. The van der Waals surface area contributed by atoms with Crippen molar-refractivity contribution >= 4 is 11.9 Å². The Kier molecular flexibility index (Phi) is 3.36. The summed E-state index contributed by atoms with van der Waals surface area (Å²) in [4.78, 5) is 23.0. The zero-order valence-corrected chi connectivity index (χ0v) is 10.4. The molecule has 0 aromatic heterocycles. The summed E-state index contributed by atoms with van der Waals surface area (Å²) in [6.45, 7) is 1.96. The van der Waals surface area contributed by atoms with E-state index in [0.29, 0.717) is 12.8 Å². The van der Waals surface area contributed by atoms with Crippen LogP contribution in [-0.4, -0.2) is 22.5 Å². The van der Waals surface area contributed by atoms with Gasteiger partial charge in [0.1, 0.15) is 5.54 Å². The van der Waals surface area contributed by atoms with Gasteiger partial charge in [-0.3, -0.25) is 4.79 Å². The molecule has 0 bridgehead atoms. The van der Waals surface area contributed by atoms with Gasteiger partial charge in [0.25, 0.3) is 0 Å². The molecule has 0 radical (unpaired) electrons. The van der Waals surface area contributed by atoms with E-state index in [-0.39, 0.29) is 12.3 Å². The Bertz CT molecular complexity index is 478. The highest BCUT2D eigenvalue weighted by Gasteiger charge is 2.45. The highest BCUT2D eigenvalue weighted by Crippen LogP contribution is 2.32. The third-order valence-corrected chi connectivity index (χ3v) is 3.44. The van der Waals surface area contributed by atoms with Crippen LogP contribution in [0.4, 0.5) is 0 Å². The predicted molar refractivity (Wildman–Crippen MR) is 67.2 cm³/mol. The molecule has 18 heavy (non-hydrogen) atoms. The number of hydrogen-bond acceptors (Lipinski definition) is 2. The van der Waals surface area contributed by atoms with Crippen molar-refractivity contribution in [2.45, 2.75) is 38.1 Å². The summed E-state index contributed by atoms with van der Waals surface area (Å²) in [7, 11) is 0. The molecule has 4 nitrogen and oxygen atoms in total. The maximum atomic E-state index is 11.9. The quantitative estimate of drug-likeness (QED) is 0.850. The van der Waals surface area contributed by atoms with Crippen LogP contribution in [0.15, 0.2) is 24.3 Å². The molecule has 0 atom stereocenters. The van der Waals surface area contributed by atoms with Crippen molar-refractivity contribution < 1.29 is 14.7 Å². The van der Waals surface area contributed by atoms with Crippen molar-refractivity contribution in [2.24, 2.45) is 0 Å².